The molecule has 1 aromatic rings. The molecule has 0 amide bonds. The third-order valence-electron chi connectivity index (χ3n) is 3.94. The molecule has 124 valence electrons. The van der Waals surface area contributed by atoms with Crippen molar-refractivity contribution >= 4 is 11.9 Å². The number of nitrogens with two attached hydrogens (primary N) is 1. The first-order valence-corrected chi connectivity index (χ1v) is 8.06. The Balaban J connectivity index is 1.85. The monoisotopic (exact) mass is 307 g/mol. The Hall–Kier alpha value is -1.47. The summed E-state index contributed by atoms with van der Waals surface area (Å²) in [7, 11) is 3.82. The van der Waals surface area contributed by atoms with Gasteiger partial charge in [0.05, 0.1) is 6.54 Å². The van der Waals surface area contributed by atoms with Crippen LogP contribution in [0.3, 0.4) is 0 Å². The number of hydrogen-bond donors (Lipinski definition) is 1. The van der Waals surface area contributed by atoms with E-state index in [0.717, 1.165) is 44.5 Å². The van der Waals surface area contributed by atoms with Crippen LogP contribution < -0.4 is 10.6 Å². The smallest absolute Gasteiger partial charge is 0.229 e. The molecule has 0 atom stereocenters. The molecule has 2 heterocycles. The molecular weight excluding hydrogens is 278 g/mol. The number of aromatic nitrogens is 3. The summed E-state index contributed by atoms with van der Waals surface area (Å²) >= 11 is 0. The lowest BCUT2D eigenvalue weighted by Crippen LogP contribution is -2.46. The van der Waals surface area contributed by atoms with E-state index in [0.29, 0.717) is 11.9 Å². The third kappa shape index (κ3) is 5.06. The van der Waals surface area contributed by atoms with Gasteiger partial charge >= 0.3 is 0 Å². The number of nitrogens with zero attached hydrogens (tertiary/aromatic N) is 6. The highest BCUT2D eigenvalue weighted by atomic mass is 15.3. The van der Waals surface area contributed by atoms with E-state index < -0.39 is 0 Å². The Kier molecular flexibility index (Phi) is 5.90. The highest BCUT2D eigenvalue weighted by Crippen LogP contribution is 2.11. The van der Waals surface area contributed by atoms with Crippen molar-refractivity contribution in [2.24, 2.45) is 5.92 Å². The normalized spacial score (nSPS) is 17.1. The predicted octanol–water partition coefficient (Wildman–Crippen LogP) is 0.684. The number of rotatable bonds is 6. The lowest BCUT2D eigenvalue weighted by Gasteiger charge is -2.34. The van der Waals surface area contributed by atoms with E-state index in [9.17, 15) is 0 Å². The minimum atomic E-state index is 0.296. The van der Waals surface area contributed by atoms with Crippen molar-refractivity contribution in [2.45, 2.75) is 26.8 Å². The summed E-state index contributed by atoms with van der Waals surface area (Å²) in [5.74, 6) is 2.45. The molecule has 7 nitrogen and oxygen atoms in total. The van der Waals surface area contributed by atoms with Crippen molar-refractivity contribution in [2.75, 3.05) is 57.5 Å². The van der Waals surface area contributed by atoms with Gasteiger partial charge in [-0.3, -0.25) is 4.90 Å². The van der Waals surface area contributed by atoms with Gasteiger partial charge in [-0.1, -0.05) is 13.8 Å². The van der Waals surface area contributed by atoms with E-state index in [-0.39, 0.29) is 0 Å². The van der Waals surface area contributed by atoms with Crippen molar-refractivity contribution < 1.29 is 0 Å². The maximum Gasteiger partial charge on any atom is 0.229 e. The summed E-state index contributed by atoms with van der Waals surface area (Å²) in [6.45, 7) is 10.9. The Morgan fingerprint density at radius 2 is 1.68 bits per heavy atom. The second-order valence-electron chi connectivity index (χ2n) is 6.60. The molecule has 2 N–H and O–H groups in total. The van der Waals surface area contributed by atoms with E-state index in [1.165, 1.54) is 13.0 Å². The second kappa shape index (κ2) is 7.69. The largest absolute Gasteiger partial charge is 0.368 e. The maximum atomic E-state index is 5.78. The van der Waals surface area contributed by atoms with E-state index in [4.69, 9.17) is 5.73 Å². The number of anilines is 2. The number of nitrogen functional groups attached to an aromatic ring is 1. The van der Waals surface area contributed by atoms with E-state index in [1.807, 2.05) is 19.0 Å². The van der Waals surface area contributed by atoms with Gasteiger partial charge in [0.1, 0.15) is 5.82 Å². The first-order valence-electron chi connectivity index (χ1n) is 8.06. The molecular formula is C15H29N7. The van der Waals surface area contributed by atoms with Gasteiger partial charge < -0.3 is 15.5 Å². The van der Waals surface area contributed by atoms with Crippen LogP contribution in [0.4, 0.5) is 11.9 Å². The molecule has 22 heavy (non-hydrogen) atoms. The maximum absolute atomic E-state index is 5.78. The Morgan fingerprint density at radius 3 is 2.27 bits per heavy atom. The summed E-state index contributed by atoms with van der Waals surface area (Å²) in [5, 5.41) is 0. The first-order chi connectivity index (χ1) is 10.4. The molecule has 1 aromatic heterocycles. The van der Waals surface area contributed by atoms with Gasteiger partial charge in [0.15, 0.2) is 0 Å². The van der Waals surface area contributed by atoms with Gasteiger partial charge in [-0.15, -0.1) is 0 Å². The molecule has 0 aromatic carbocycles. The van der Waals surface area contributed by atoms with Gasteiger partial charge in [-0.05, 0) is 18.9 Å². The molecule has 1 fully saturated rings. The molecule has 1 aliphatic heterocycles. The number of piperazine rings is 1. The van der Waals surface area contributed by atoms with Crippen LogP contribution in [0.15, 0.2) is 0 Å². The lowest BCUT2D eigenvalue weighted by molar-refractivity contribution is 0.121. The summed E-state index contributed by atoms with van der Waals surface area (Å²) in [4.78, 5) is 19.7. The second-order valence-corrected chi connectivity index (χ2v) is 6.60. The summed E-state index contributed by atoms with van der Waals surface area (Å²) in [5.41, 5.74) is 5.78. The van der Waals surface area contributed by atoms with Crippen LogP contribution in [0, 0.1) is 5.92 Å². The lowest BCUT2D eigenvalue weighted by atomic mass is 10.1. The van der Waals surface area contributed by atoms with Crippen LogP contribution in [0.25, 0.3) is 0 Å². The van der Waals surface area contributed by atoms with Crippen molar-refractivity contribution in [1.29, 1.82) is 0 Å². The average Bonchev–Trinajstić information content (AvgIpc) is 2.46. The van der Waals surface area contributed by atoms with Gasteiger partial charge in [-0.25, -0.2) is 0 Å². The fraction of sp³-hybridized carbons (Fsp3) is 0.800. The molecule has 0 bridgehead atoms. The van der Waals surface area contributed by atoms with Crippen molar-refractivity contribution in [3.8, 4) is 0 Å². The van der Waals surface area contributed by atoms with E-state index in [2.05, 4.69) is 38.6 Å². The van der Waals surface area contributed by atoms with Crippen LogP contribution in [0.2, 0.25) is 0 Å². The van der Waals surface area contributed by atoms with E-state index >= 15 is 0 Å². The highest BCUT2D eigenvalue weighted by Gasteiger charge is 2.18. The molecule has 1 aliphatic rings. The highest BCUT2D eigenvalue weighted by molar-refractivity contribution is 5.32. The zero-order valence-corrected chi connectivity index (χ0v) is 14.3. The van der Waals surface area contributed by atoms with Crippen LogP contribution in [-0.4, -0.2) is 71.6 Å². The fourth-order valence-electron chi connectivity index (χ4n) is 2.51. The molecule has 2 rings (SSSR count). The first kappa shape index (κ1) is 16.9. The minimum absolute atomic E-state index is 0.296. The number of hydrogen-bond acceptors (Lipinski definition) is 7. The Labute approximate surface area is 133 Å². The summed E-state index contributed by atoms with van der Waals surface area (Å²) in [6.07, 6.45) is 1.27. The standard InChI is InChI=1S/C15H29N7/c1-12(2)5-6-21-7-9-22(10-8-21)11-13-17-14(16)19-15(18-13)20(3)4/h12H,5-11H2,1-4H3,(H2,16,17,18,19). The molecule has 0 aliphatic carbocycles. The van der Waals surface area contributed by atoms with Crippen LogP contribution in [-0.2, 0) is 6.54 Å². The zero-order chi connectivity index (χ0) is 16.1. The van der Waals surface area contributed by atoms with Crippen LogP contribution >= 0.6 is 0 Å². The van der Waals surface area contributed by atoms with Crippen LogP contribution in [0.5, 0.6) is 0 Å². The van der Waals surface area contributed by atoms with E-state index in [1.54, 1.807) is 0 Å². The van der Waals surface area contributed by atoms with Crippen molar-refractivity contribution in [3.63, 3.8) is 0 Å². The van der Waals surface area contributed by atoms with Crippen molar-refractivity contribution in [1.82, 2.24) is 24.8 Å². The van der Waals surface area contributed by atoms with Crippen molar-refractivity contribution in [3.05, 3.63) is 5.82 Å². The zero-order valence-electron chi connectivity index (χ0n) is 14.3. The molecule has 0 radical (unpaired) electrons. The third-order valence-corrected chi connectivity index (χ3v) is 3.94. The SMILES string of the molecule is CC(C)CCN1CCN(Cc2nc(N)nc(N(C)C)n2)CC1. The van der Waals surface area contributed by atoms with Gasteiger partial charge in [0.2, 0.25) is 11.9 Å². The Bertz CT molecular complexity index is 467. The average molecular weight is 307 g/mol. The van der Waals surface area contributed by atoms with Gasteiger partial charge in [0, 0.05) is 40.3 Å². The predicted molar refractivity (Wildman–Crippen MR) is 89.7 cm³/mol. The summed E-state index contributed by atoms with van der Waals surface area (Å²) in [6, 6.07) is 0. The van der Waals surface area contributed by atoms with Gasteiger partial charge in [0.25, 0.3) is 0 Å². The quantitative estimate of drug-likeness (QED) is 0.828. The fourth-order valence-corrected chi connectivity index (χ4v) is 2.51. The molecule has 0 unspecified atom stereocenters. The van der Waals surface area contributed by atoms with Crippen LogP contribution in [0.1, 0.15) is 26.1 Å². The topological polar surface area (TPSA) is 74.4 Å². The summed E-state index contributed by atoms with van der Waals surface area (Å²) < 4.78 is 0. The Morgan fingerprint density at radius 1 is 1.05 bits per heavy atom. The molecule has 1 saturated heterocycles. The minimum Gasteiger partial charge on any atom is -0.368 e. The molecule has 0 spiro atoms. The molecule has 0 saturated carbocycles. The molecule has 7 heteroatoms. The van der Waals surface area contributed by atoms with Gasteiger partial charge in [-0.2, -0.15) is 15.0 Å².